The van der Waals surface area contributed by atoms with Gasteiger partial charge in [0, 0.05) is 38.3 Å². The number of esters is 2. The molecule has 0 spiro atoms. The summed E-state index contributed by atoms with van der Waals surface area (Å²) in [5.74, 6) is -7.64. The molecule has 0 unspecified atom stereocenters. The van der Waals surface area contributed by atoms with Crippen molar-refractivity contribution in [3.05, 3.63) is 233 Å². The third kappa shape index (κ3) is 22.2. The van der Waals surface area contributed by atoms with Crippen molar-refractivity contribution >= 4 is 53.5 Å². The number of carbonyl (C=O) groups is 9. The minimum Gasteiger partial charge on any atom is -0.488 e. The van der Waals surface area contributed by atoms with Crippen LogP contribution in [0.25, 0.3) is 11.1 Å². The third-order valence-corrected chi connectivity index (χ3v) is 19.8. The summed E-state index contributed by atoms with van der Waals surface area (Å²) in [5, 5.41) is 17.2. The molecule has 1 aliphatic rings. The Kier molecular flexibility index (Phi) is 29.6. The van der Waals surface area contributed by atoms with E-state index in [0.29, 0.717) is 29.7 Å². The number of likely N-dealkylation sites (N-methyl/N-ethyl adjacent to an activating group) is 1. The molecular weight excluding hydrogens is 1350 g/mol. The van der Waals surface area contributed by atoms with Crippen LogP contribution in [0.5, 0.6) is 5.75 Å². The first-order chi connectivity index (χ1) is 51.1. The van der Waals surface area contributed by atoms with Crippen LogP contribution in [0.3, 0.4) is 0 Å². The normalized spacial score (nSPS) is 14.5. The van der Waals surface area contributed by atoms with Gasteiger partial charge in [0.15, 0.2) is 0 Å². The van der Waals surface area contributed by atoms with Crippen LogP contribution < -0.4 is 36.6 Å². The quantitative estimate of drug-likeness (QED) is 0.0121. The number of ether oxygens (including phenoxy) is 4. The lowest BCUT2D eigenvalue weighted by atomic mass is 9.69. The van der Waals surface area contributed by atoms with Crippen molar-refractivity contribution < 1.29 is 62.1 Å². The fraction of sp³-hybridized carbons (Fsp3) is 0.414. The van der Waals surface area contributed by atoms with Crippen LogP contribution in [-0.2, 0) is 71.0 Å². The van der Waals surface area contributed by atoms with Gasteiger partial charge in [-0.3, -0.25) is 28.8 Å². The number of alkyl carbamates (subject to hydrolysis) is 1. The number of hydrogen-bond donors (Lipinski definition) is 6. The fourth-order valence-corrected chi connectivity index (χ4v) is 13.3. The van der Waals surface area contributed by atoms with Gasteiger partial charge >= 0.3 is 18.0 Å². The van der Waals surface area contributed by atoms with Crippen molar-refractivity contribution in [2.24, 2.45) is 23.7 Å². The summed E-state index contributed by atoms with van der Waals surface area (Å²) in [6.45, 7) is 21.3. The number of carbonyl (C=O) groups excluding carboxylic acids is 9. The number of rotatable bonds is 36. The highest BCUT2D eigenvalue weighted by molar-refractivity contribution is 5.96. The highest BCUT2D eigenvalue weighted by Gasteiger charge is 2.42. The number of nitrogens with zero attached hydrogens (tertiary/aromatic N) is 1. The average molecular weight is 1460 g/mol. The van der Waals surface area contributed by atoms with Gasteiger partial charge in [-0.2, -0.15) is 0 Å². The van der Waals surface area contributed by atoms with E-state index in [2.05, 4.69) is 31.9 Å². The molecule has 8 rings (SSSR count). The monoisotopic (exact) mass is 1460 g/mol. The molecule has 6 N–H and O–H groups in total. The Morgan fingerprint density at radius 1 is 0.495 bits per heavy atom. The predicted molar refractivity (Wildman–Crippen MR) is 413 cm³/mol. The van der Waals surface area contributed by atoms with Crippen molar-refractivity contribution in [1.29, 1.82) is 0 Å². The molecule has 0 fully saturated rings. The molecule has 7 aromatic carbocycles. The Morgan fingerprint density at radius 3 is 1.50 bits per heavy atom. The van der Waals surface area contributed by atoms with E-state index < -0.39 is 125 Å². The lowest BCUT2D eigenvalue weighted by Gasteiger charge is -2.36. The van der Waals surface area contributed by atoms with E-state index in [1.165, 1.54) is 18.9 Å². The van der Waals surface area contributed by atoms with Crippen LogP contribution in [0.4, 0.5) is 4.79 Å². The van der Waals surface area contributed by atoms with Crippen molar-refractivity contribution in [3.63, 3.8) is 0 Å². The smallest absolute Gasteiger partial charge is 0.407 e. The Labute approximate surface area is 630 Å². The molecule has 0 saturated carbocycles. The molecule has 7 aromatic rings. The first-order valence-electron chi connectivity index (χ1n) is 37.3. The molecule has 0 radical (unpaired) electrons. The van der Waals surface area contributed by atoms with Crippen LogP contribution in [0.2, 0.25) is 0 Å². The van der Waals surface area contributed by atoms with E-state index in [4.69, 9.17) is 18.9 Å². The maximum Gasteiger partial charge on any atom is 0.407 e. The van der Waals surface area contributed by atoms with E-state index in [-0.39, 0.29) is 57.3 Å². The molecule has 107 heavy (non-hydrogen) atoms. The van der Waals surface area contributed by atoms with Crippen molar-refractivity contribution in [3.8, 4) is 16.9 Å². The Bertz CT molecular complexity index is 3970. The summed E-state index contributed by atoms with van der Waals surface area (Å²) >= 11 is 0. The zero-order chi connectivity index (χ0) is 77.5. The summed E-state index contributed by atoms with van der Waals surface area (Å²) < 4.78 is 24.1. The van der Waals surface area contributed by atoms with Crippen molar-refractivity contribution in [2.75, 3.05) is 20.2 Å². The van der Waals surface area contributed by atoms with E-state index in [1.807, 2.05) is 194 Å². The van der Waals surface area contributed by atoms with Crippen molar-refractivity contribution in [2.45, 2.75) is 188 Å². The van der Waals surface area contributed by atoms with Gasteiger partial charge in [-0.05, 0) is 120 Å². The predicted octanol–water partition coefficient (Wildman–Crippen LogP) is 12.5. The molecule has 0 aromatic heterocycles. The molecule has 0 aliphatic heterocycles. The highest BCUT2D eigenvalue weighted by Crippen LogP contribution is 2.45. The summed E-state index contributed by atoms with van der Waals surface area (Å²) in [5.41, 5.74) is 6.78. The zero-order valence-electron chi connectivity index (χ0n) is 64.0. The van der Waals surface area contributed by atoms with E-state index in [1.54, 1.807) is 76.2 Å². The van der Waals surface area contributed by atoms with E-state index in [9.17, 15) is 19.2 Å². The van der Waals surface area contributed by atoms with E-state index in [0.717, 1.165) is 38.9 Å². The number of fused-ring (bicyclic) bond motifs is 3. The van der Waals surface area contributed by atoms with Crippen molar-refractivity contribution in [1.82, 2.24) is 36.8 Å². The van der Waals surface area contributed by atoms with Gasteiger partial charge in [-0.15, -0.1) is 0 Å². The second-order valence-electron chi connectivity index (χ2n) is 29.7. The fourth-order valence-electron chi connectivity index (χ4n) is 13.3. The Hall–Kier alpha value is -10.6. The molecule has 568 valence electrons. The van der Waals surface area contributed by atoms with E-state index >= 15 is 24.0 Å². The van der Waals surface area contributed by atoms with Crippen LogP contribution in [0.15, 0.2) is 194 Å². The topological polar surface area (TPSA) is 266 Å². The van der Waals surface area contributed by atoms with Crippen LogP contribution in [-0.4, -0.2) is 127 Å². The van der Waals surface area contributed by atoms with Gasteiger partial charge < -0.3 is 55.7 Å². The lowest BCUT2D eigenvalue weighted by Crippen LogP contribution is -2.61. The second kappa shape index (κ2) is 38.6. The second-order valence-corrected chi connectivity index (χ2v) is 29.7. The molecule has 0 heterocycles. The first kappa shape index (κ1) is 82.0. The SMILES string of the molecule is CC[C@H](C)[C@H](NC(=O)[C@H](Cc1ccc(OC(C)(C)C)cc1)N(C)C(=O)[C@@H](NC(=O)OCC1c2ccccc2-c2ccccc21)[C@@H](C)CC)C(=O)O[C@H](C)[C@H](NC(=O)[C@H](CCC(=O)NCC(c1ccccc1)(c1ccccc1)c1ccccc1)NC(=O)C(C)C)C(=O)N[C@@H](CC(C)C)C(=O)OCc1ccccc1. The van der Waals surface area contributed by atoms with Crippen LogP contribution in [0.1, 0.15) is 160 Å². The number of nitrogens with one attached hydrogen (secondary N) is 6. The van der Waals surface area contributed by atoms with Gasteiger partial charge in [0.25, 0.3) is 0 Å². The molecule has 0 bridgehead atoms. The Morgan fingerprint density at radius 2 is 0.991 bits per heavy atom. The number of benzene rings is 7. The molecule has 0 saturated heterocycles. The van der Waals surface area contributed by atoms with Gasteiger partial charge in [-0.25, -0.2) is 14.4 Å². The summed E-state index contributed by atoms with van der Waals surface area (Å²) in [4.78, 5) is 134. The average Bonchev–Trinajstić information content (AvgIpc) is 1.74. The number of amides is 7. The van der Waals surface area contributed by atoms with Gasteiger partial charge in [0.2, 0.25) is 35.4 Å². The molecule has 1 aliphatic carbocycles. The summed E-state index contributed by atoms with van der Waals surface area (Å²) in [7, 11) is 1.46. The van der Waals surface area contributed by atoms with Crippen LogP contribution in [0, 0.1) is 23.7 Å². The van der Waals surface area contributed by atoms with Gasteiger partial charge in [0.05, 0.1) is 5.41 Å². The first-order valence-corrected chi connectivity index (χ1v) is 37.3. The third-order valence-electron chi connectivity index (χ3n) is 19.8. The summed E-state index contributed by atoms with van der Waals surface area (Å²) in [6.07, 6.45) is -2.16. The molecular formula is C87H107N7O13. The molecule has 9 atom stereocenters. The standard InChI is InChI=1S/C87H107N7O13/c1-14-57(7)75(93-85(103)105-53-70-68-42-30-28-40-66(68)67-41-29-31-43-69(67)70)82(100)94(13)73(51-60-44-46-65(47-45-60)107-86(10,11)12)80(98)91-76(58(8)15-2)84(102)106-59(9)77(81(99)90-72(50-55(3)4)83(101)104-52-61-32-20-16-21-33-61)92-79(97)71(89-78(96)56(5)6)48-49-74(95)88-54-87(62-34-22-17-23-35-62,63-36-24-18-25-37-63)64-38-26-19-27-39-64/h16-47,55-59,70-73,75-77H,14-15,48-54H2,1-13H3,(H,88,95)(H,89,96)(H,90,99)(H,91,98)(H,92,97)(H,93,103)/t57-,58-,59+,71-,72-,73-,75-,76-,77-/m0/s1. The minimum atomic E-state index is -1.80. The lowest BCUT2D eigenvalue weighted by molar-refractivity contribution is -0.158. The van der Waals surface area contributed by atoms with Gasteiger partial charge in [-0.1, -0.05) is 250 Å². The van der Waals surface area contributed by atoms with Crippen LogP contribution >= 0.6 is 0 Å². The highest BCUT2D eigenvalue weighted by atomic mass is 16.6. The Balaban J connectivity index is 1.07. The molecule has 20 heteroatoms. The molecule has 20 nitrogen and oxygen atoms in total. The minimum absolute atomic E-state index is 0.0107. The largest absolute Gasteiger partial charge is 0.488 e. The zero-order valence-corrected chi connectivity index (χ0v) is 64.0. The summed E-state index contributed by atoms with van der Waals surface area (Å²) in [6, 6.07) is 52.9. The maximum atomic E-state index is 15.4. The molecule has 7 amide bonds. The van der Waals surface area contributed by atoms with Gasteiger partial charge in [0.1, 0.15) is 66.9 Å². The number of hydrogen-bond acceptors (Lipinski definition) is 13. The maximum absolute atomic E-state index is 15.4.